The molecule has 1 heterocycles. The van der Waals surface area contributed by atoms with Gasteiger partial charge in [-0.3, -0.25) is 4.79 Å². The molecule has 1 N–H and O–H groups in total. The minimum atomic E-state index is -1.00. The van der Waals surface area contributed by atoms with Crippen LogP contribution in [-0.4, -0.2) is 24.5 Å². The number of ether oxygens (including phenoxy) is 1. The Hall–Kier alpha value is -1.33. The van der Waals surface area contributed by atoms with E-state index >= 15 is 0 Å². The van der Waals surface area contributed by atoms with Crippen molar-refractivity contribution in [3.8, 4) is 0 Å². The Kier molecular flexibility index (Phi) is 6.23. The van der Waals surface area contributed by atoms with Crippen molar-refractivity contribution in [2.75, 3.05) is 7.11 Å². The SMILES string of the molecule is CCCC(C)(NC(=O)/C=C/c1ccc(Cl)s1)C(=O)OC. The van der Waals surface area contributed by atoms with Crippen LogP contribution in [0, 0.1) is 0 Å². The molecule has 20 heavy (non-hydrogen) atoms. The van der Waals surface area contributed by atoms with Gasteiger partial charge in [-0.1, -0.05) is 24.9 Å². The smallest absolute Gasteiger partial charge is 0.331 e. The first kappa shape index (κ1) is 16.7. The number of halogens is 1. The third-order valence-corrected chi connectivity index (χ3v) is 3.97. The van der Waals surface area contributed by atoms with Gasteiger partial charge in [-0.15, -0.1) is 11.3 Å². The average molecular weight is 316 g/mol. The number of esters is 1. The largest absolute Gasteiger partial charge is 0.467 e. The zero-order valence-electron chi connectivity index (χ0n) is 11.7. The third-order valence-electron chi connectivity index (χ3n) is 2.78. The lowest BCUT2D eigenvalue weighted by molar-refractivity contribution is -0.150. The number of thiophene rings is 1. The number of rotatable bonds is 6. The Balaban J connectivity index is 2.71. The Labute approximate surface area is 127 Å². The maximum atomic E-state index is 11.9. The standard InChI is InChI=1S/C14H18ClNO3S/c1-4-9-14(2,13(18)19-3)16-12(17)8-6-10-5-7-11(15)20-10/h5-8H,4,9H2,1-3H3,(H,16,17)/b8-6+. The van der Waals surface area contributed by atoms with Crippen molar-refractivity contribution in [3.63, 3.8) is 0 Å². The van der Waals surface area contributed by atoms with Crippen molar-refractivity contribution >= 4 is 40.9 Å². The molecule has 1 aromatic heterocycles. The molecular weight excluding hydrogens is 298 g/mol. The van der Waals surface area contributed by atoms with E-state index in [2.05, 4.69) is 5.32 Å². The first-order chi connectivity index (χ1) is 9.41. The highest BCUT2D eigenvalue weighted by atomic mass is 35.5. The number of methoxy groups -OCH3 is 1. The van der Waals surface area contributed by atoms with Crippen LogP contribution >= 0.6 is 22.9 Å². The molecule has 0 saturated carbocycles. The highest BCUT2D eigenvalue weighted by molar-refractivity contribution is 7.17. The molecule has 0 fully saturated rings. The number of carbonyl (C=O) groups excluding carboxylic acids is 2. The van der Waals surface area contributed by atoms with Gasteiger partial charge in [-0.2, -0.15) is 0 Å². The molecule has 110 valence electrons. The normalized spacial score (nSPS) is 14.0. The van der Waals surface area contributed by atoms with Crippen molar-refractivity contribution < 1.29 is 14.3 Å². The molecule has 4 nitrogen and oxygen atoms in total. The zero-order valence-corrected chi connectivity index (χ0v) is 13.3. The Morgan fingerprint density at radius 1 is 1.50 bits per heavy atom. The minimum Gasteiger partial charge on any atom is -0.467 e. The molecule has 0 aliphatic heterocycles. The third kappa shape index (κ3) is 4.65. The number of carbonyl (C=O) groups is 2. The number of hydrogen-bond donors (Lipinski definition) is 1. The van der Waals surface area contributed by atoms with Crippen LogP contribution < -0.4 is 5.32 Å². The minimum absolute atomic E-state index is 0.337. The van der Waals surface area contributed by atoms with Crippen molar-refractivity contribution in [2.24, 2.45) is 0 Å². The summed E-state index contributed by atoms with van der Waals surface area (Å²) in [6, 6.07) is 3.59. The molecule has 0 saturated heterocycles. The van der Waals surface area contributed by atoms with Gasteiger partial charge < -0.3 is 10.1 Å². The summed E-state index contributed by atoms with van der Waals surface area (Å²) in [5, 5.41) is 2.69. The predicted molar refractivity (Wildman–Crippen MR) is 81.8 cm³/mol. The van der Waals surface area contributed by atoms with Crippen LogP contribution in [0.2, 0.25) is 4.34 Å². The van der Waals surface area contributed by atoms with Crippen molar-refractivity contribution in [1.82, 2.24) is 5.32 Å². The van der Waals surface area contributed by atoms with Crippen LogP contribution in [0.15, 0.2) is 18.2 Å². The molecule has 0 radical (unpaired) electrons. The van der Waals surface area contributed by atoms with Crippen molar-refractivity contribution in [3.05, 3.63) is 27.4 Å². The van der Waals surface area contributed by atoms with E-state index in [1.807, 2.05) is 13.0 Å². The molecule has 1 unspecified atom stereocenters. The summed E-state index contributed by atoms with van der Waals surface area (Å²) >= 11 is 7.18. The quantitative estimate of drug-likeness (QED) is 0.647. The summed E-state index contributed by atoms with van der Waals surface area (Å²) in [7, 11) is 1.31. The molecule has 1 amide bonds. The summed E-state index contributed by atoms with van der Waals surface area (Å²) in [5.74, 6) is -0.781. The van der Waals surface area contributed by atoms with Gasteiger partial charge in [0.2, 0.25) is 5.91 Å². The summed E-state index contributed by atoms with van der Waals surface area (Å²) in [6.07, 6.45) is 4.33. The van der Waals surface area contributed by atoms with Crippen LogP contribution in [0.3, 0.4) is 0 Å². The maximum absolute atomic E-state index is 11.9. The first-order valence-corrected chi connectivity index (χ1v) is 7.44. The predicted octanol–water partition coefficient (Wildman–Crippen LogP) is 3.26. The fourth-order valence-corrected chi connectivity index (χ4v) is 2.79. The highest BCUT2D eigenvalue weighted by Gasteiger charge is 2.34. The van der Waals surface area contributed by atoms with Crippen LogP contribution in [0.5, 0.6) is 0 Å². The van der Waals surface area contributed by atoms with E-state index in [9.17, 15) is 9.59 Å². The summed E-state index contributed by atoms with van der Waals surface area (Å²) in [4.78, 5) is 24.5. The van der Waals surface area contributed by atoms with E-state index in [1.54, 1.807) is 19.1 Å². The Morgan fingerprint density at radius 2 is 2.20 bits per heavy atom. The van der Waals surface area contributed by atoms with E-state index < -0.39 is 11.5 Å². The Morgan fingerprint density at radius 3 is 2.70 bits per heavy atom. The molecule has 0 aliphatic rings. The molecule has 0 aliphatic carbocycles. The van der Waals surface area contributed by atoms with Crippen LogP contribution in [-0.2, 0) is 14.3 Å². The summed E-state index contributed by atoms with van der Waals surface area (Å²) in [5.41, 5.74) is -1.00. The van der Waals surface area contributed by atoms with E-state index in [4.69, 9.17) is 16.3 Å². The average Bonchev–Trinajstić information content (AvgIpc) is 2.81. The van der Waals surface area contributed by atoms with E-state index in [-0.39, 0.29) is 5.91 Å². The second-order valence-corrected chi connectivity index (χ2v) is 6.28. The lowest BCUT2D eigenvalue weighted by atomic mass is 9.96. The van der Waals surface area contributed by atoms with Crippen LogP contribution in [0.1, 0.15) is 31.6 Å². The van der Waals surface area contributed by atoms with Crippen molar-refractivity contribution in [2.45, 2.75) is 32.2 Å². The van der Waals surface area contributed by atoms with E-state index in [1.165, 1.54) is 24.5 Å². The number of nitrogens with one attached hydrogen (secondary N) is 1. The van der Waals surface area contributed by atoms with Gasteiger partial charge in [0.15, 0.2) is 0 Å². The van der Waals surface area contributed by atoms with Crippen molar-refractivity contribution in [1.29, 1.82) is 0 Å². The maximum Gasteiger partial charge on any atom is 0.331 e. The second kappa shape index (κ2) is 7.45. The highest BCUT2D eigenvalue weighted by Crippen LogP contribution is 2.22. The van der Waals surface area contributed by atoms with E-state index in [0.717, 1.165) is 11.3 Å². The first-order valence-electron chi connectivity index (χ1n) is 6.25. The van der Waals surface area contributed by atoms with Gasteiger partial charge in [0, 0.05) is 11.0 Å². The zero-order chi connectivity index (χ0) is 15.2. The molecule has 1 aromatic rings. The lowest BCUT2D eigenvalue weighted by Crippen LogP contribution is -2.52. The molecule has 0 bridgehead atoms. The molecule has 1 atom stereocenters. The topological polar surface area (TPSA) is 55.4 Å². The van der Waals surface area contributed by atoms with Gasteiger partial charge >= 0.3 is 5.97 Å². The lowest BCUT2D eigenvalue weighted by Gasteiger charge is -2.26. The fraction of sp³-hybridized carbons (Fsp3) is 0.429. The van der Waals surface area contributed by atoms with E-state index in [0.29, 0.717) is 10.8 Å². The van der Waals surface area contributed by atoms with Gasteiger partial charge in [0.1, 0.15) is 5.54 Å². The molecule has 0 aromatic carbocycles. The Bertz CT molecular complexity index is 512. The molecule has 0 spiro atoms. The summed E-state index contributed by atoms with van der Waals surface area (Å²) < 4.78 is 5.40. The summed E-state index contributed by atoms with van der Waals surface area (Å²) in [6.45, 7) is 3.60. The molecular formula is C14H18ClNO3S. The molecule has 1 rings (SSSR count). The number of amides is 1. The number of hydrogen-bond acceptors (Lipinski definition) is 4. The second-order valence-electron chi connectivity index (χ2n) is 4.54. The van der Waals surface area contributed by atoms with Gasteiger partial charge in [-0.05, 0) is 31.6 Å². The van der Waals surface area contributed by atoms with Crippen LogP contribution in [0.4, 0.5) is 0 Å². The van der Waals surface area contributed by atoms with Gasteiger partial charge in [0.25, 0.3) is 0 Å². The van der Waals surface area contributed by atoms with Gasteiger partial charge in [0.05, 0.1) is 11.4 Å². The fourth-order valence-electron chi connectivity index (χ4n) is 1.83. The van der Waals surface area contributed by atoms with Crippen LogP contribution in [0.25, 0.3) is 6.08 Å². The molecule has 6 heteroatoms. The monoisotopic (exact) mass is 315 g/mol. The van der Waals surface area contributed by atoms with Gasteiger partial charge in [-0.25, -0.2) is 4.79 Å².